The first kappa shape index (κ1) is 26.0. The van der Waals surface area contributed by atoms with Gasteiger partial charge in [0.05, 0.1) is 11.1 Å². The van der Waals surface area contributed by atoms with Gasteiger partial charge in [-0.15, -0.1) is 0 Å². The molecule has 0 saturated heterocycles. The van der Waals surface area contributed by atoms with Crippen molar-refractivity contribution in [1.29, 1.82) is 0 Å². The summed E-state index contributed by atoms with van der Waals surface area (Å²) in [6.45, 7) is 0.908. The van der Waals surface area contributed by atoms with Gasteiger partial charge in [0.1, 0.15) is 11.6 Å². The lowest BCUT2D eigenvalue weighted by Crippen LogP contribution is -2.31. The van der Waals surface area contributed by atoms with Crippen LogP contribution in [0, 0.1) is 0 Å². The van der Waals surface area contributed by atoms with E-state index in [4.69, 9.17) is 21.6 Å². The van der Waals surface area contributed by atoms with E-state index in [1.807, 2.05) is 42.5 Å². The van der Waals surface area contributed by atoms with Gasteiger partial charge in [-0.05, 0) is 54.3 Å². The zero-order valence-electron chi connectivity index (χ0n) is 20.5. The first-order valence-corrected chi connectivity index (χ1v) is 12.8. The maximum absolute atomic E-state index is 13.0. The van der Waals surface area contributed by atoms with E-state index >= 15 is 0 Å². The third-order valence-electron chi connectivity index (χ3n) is 6.47. The molecule has 0 atom stereocenters. The molecular weight excluding hydrogens is 513 g/mol. The van der Waals surface area contributed by atoms with Crippen LogP contribution in [0.5, 0.6) is 0 Å². The molecule has 1 aliphatic carbocycles. The van der Waals surface area contributed by atoms with Gasteiger partial charge in [0.2, 0.25) is 5.91 Å². The highest BCUT2D eigenvalue weighted by Gasteiger charge is 2.30. The molecule has 0 bridgehead atoms. The molecule has 0 unspecified atom stereocenters. The molecular formula is C29H26ClF3N4O. The average molecular weight is 539 g/mol. The van der Waals surface area contributed by atoms with Crippen molar-refractivity contribution >= 4 is 34.2 Å². The molecule has 0 aliphatic heterocycles. The highest BCUT2D eigenvalue weighted by molar-refractivity contribution is 6.31. The number of halogens is 4. The molecule has 1 amide bonds. The summed E-state index contributed by atoms with van der Waals surface area (Å²) in [7, 11) is 0. The number of rotatable bonds is 9. The highest BCUT2D eigenvalue weighted by Crippen LogP contribution is 2.40. The molecule has 5 rings (SSSR count). The van der Waals surface area contributed by atoms with Crippen LogP contribution in [0.2, 0.25) is 5.02 Å². The number of hydrogen-bond donors (Lipinski definition) is 1. The number of anilines is 1. The Morgan fingerprint density at radius 2 is 1.74 bits per heavy atom. The lowest BCUT2D eigenvalue weighted by molar-refractivity contribution is -0.137. The molecule has 0 radical (unpaired) electrons. The number of nitrogens with zero attached hydrogens (tertiary/aromatic N) is 3. The Balaban J connectivity index is 1.36. The number of amides is 1. The third kappa shape index (κ3) is 6.42. The lowest BCUT2D eigenvalue weighted by Gasteiger charge is -2.25. The molecule has 1 N–H and O–H groups in total. The van der Waals surface area contributed by atoms with Crippen LogP contribution in [0.15, 0.2) is 72.8 Å². The summed E-state index contributed by atoms with van der Waals surface area (Å²) in [5, 5.41) is 4.19. The molecule has 9 heteroatoms. The van der Waals surface area contributed by atoms with Crippen LogP contribution in [0.4, 0.5) is 19.0 Å². The summed E-state index contributed by atoms with van der Waals surface area (Å²) in [6, 6.07) is 20.4. The van der Waals surface area contributed by atoms with Gasteiger partial charge in [-0.25, -0.2) is 9.97 Å². The van der Waals surface area contributed by atoms with Gasteiger partial charge in [0.25, 0.3) is 0 Å². The summed E-state index contributed by atoms with van der Waals surface area (Å²) in [6.07, 6.45) is -2.20. The number of aromatic nitrogens is 2. The van der Waals surface area contributed by atoms with Crippen LogP contribution >= 0.6 is 11.6 Å². The maximum atomic E-state index is 13.0. The van der Waals surface area contributed by atoms with Crippen LogP contribution in [-0.4, -0.2) is 22.4 Å². The van der Waals surface area contributed by atoms with Crippen LogP contribution < -0.4 is 10.2 Å². The molecule has 1 heterocycles. The van der Waals surface area contributed by atoms with Gasteiger partial charge < -0.3 is 10.2 Å². The molecule has 38 heavy (non-hydrogen) atoms. The molecule has 4 aromatic rings. The fourth-order valence-electron chi connectivity index (χ4n) is 4.32. The monoisotopic (exact) mass is 538 g/mol. The molecule has 1 fully saturated rings. The van der Waals surface area contributed by atoms with E-state index in [0.29, 0.717) is 29.6 Å². The van der Waals surface area contributed by atoms with Crippen molar-refractivity contribution in [3.8, 4) is 0 Å². The van der Waals surface area contributed by atoms with E-state index in [1.165, 1.54) is 6.07 Å². The van der Waals surface area contributed by atoms with Crippen molar-refractivity contribution in [2.24, 2.45) is 0 Å². The highest BCUT2D eigenvalue weighted by atomic mass is 35.5. The second-order valence-corrected chi connectivity index (χ2v) is 9.91. The Morgan fingerprint density at radius 1 is 0.974 bits per heavy atom. The minimum atomic E-state index is -4.43. The summed E-state index contributed by atoms with van der Waals surface area (Å²) in [5.41, 5.74) is 1.48. The predicted molar refractivity (Wildman–Crippen MR) is 142 cm³/mol. The summed E-state index contributed by atoms with van der Waals surface area (Å²) < 4.78 is 39.1. The fourth-order valence-corrected chi connectivity index (χ4v) is 4.48. The standard InChI is InChI=1S/C29H26ClF3N4O/c30-23-11-12-24-25(16-23)35-27(21-9-10-21)36-28(24)37(18-19-5-2-1-3-6-19)14-13-26(38)34-17-20-7-4-8-22(15-20)29(31,32)33/h1-8,11-12,15-16,21H,9-10,13-14,17-18H2,(H,34,38). The number of hydrogen-bond acceptors (Lipinski definition) is 4. The Kier molecular flexibility index (Phi) is 7.51. The molecule has 0 spiro atoms. The minimum Gasteiger partial charge on any atom is -0.352 e. The summed E-state index contributed by atoms with van der Waals surface area (Å²) in [4.78, 5) is 24.5. The smallest absolute Gasteiger partial charge is 0.352 e. The van der Waals surface area contributed by atoms with Crippen molar-refractivity contribution in [2.75, 3.05) is 11.4 Å². The number of benzene rings is 3. The van der Waals surface area contributed by atoms with Gasteiger partial charge in [0.15, 0.2) is 0 Å². The van der Waals surface area contributed by atoms with E-state index in [-0.39, 0.29) is 18.9 Å². The zero-order valence-corrected chi connectivity index (χ0v) is 21.3. The molecule has 196 valence electrons. The average Bonchev–Trinajstić information content (AvgIpc) is 3.75. The quantitative estimate of drug-likeness (QED) is 0.252. The largest absolute Gasteiger partial charge is 0.416 e. The van der Waals surface area contributed by atoms with E-state index in [1.54, 1.807) is 12.1 Å². The van der Waals surface area contributed by atoms with Crippen molar-refractivity contribution in [1.82, 2.24) is 15.3 Å². The van der Waals surface area contributed by atoms with Gasteiger partial charge in [-0.1, -0.05) is 54.1 Å². The van der Waals surface area contributed by atoms with E-state index in [2.05, 4.69) is 10.2 Å². The number of fused-ring (bicyclic) bond motifs is 1. The van der Waals surface area contributed by atoms with Crippen LogP contribution in [0.1, 0.15) is 47.7 Å². The number of alkyl halides is 3. The summed E-state index contributed by atoms with van der Waals surface area (Å²) >= 11 is 6.26. The normalized spacial score (nSPS) is 13.5. The van der Waals surface area contributed by atoms with Crippen molar-refractivity contribution in [3.63, 3.8) is 0 Å². The molecule has 1 saturated carbocycles. The SMILES string of the molecule is O=C(CCN(Cc1ccccc1)c1nc(C2CC2)nc2cc(Cl)ccc12)NCc1cccc(C(F)(F)F)c1. The topological polar surface area (TPSA) is 58.1 Å². The second-order valence-electron chi connectivity index (χ2n) is 9.47. The van der Waals surface area contributed by atoms with Gasteiger partial charge >= 0.3 is 6.18 Å². The van der Waals surface area contributed by atoms with Crippen LogP contribution in [0.25, 0.3) is 10.9 Å². The van der Waals surface area contributed by atoms with E-state index < -0.39 is 11.7 Å². The Bertz CT molecular complexity index is 1440. The van der Waals surface area contributed by atoms with Crippen LogP contribution in [-0.2, 0) is 24.1 Å². The second kappa shape index (κ2) is 11.0. The van der Waals surface area contributed by atoms with Gasteiger partial charge in [-0.2, -0.15) is 13.2 Å². The third-order valence-corrected chi connectivity index (χ3v) is 6.70. The number of carbonyl (C=O) groups is 1. The van der Waals surface area contributed by atoms with Gasteiger partial charge in [-0.3, -0.25) is 4.79 Å². The Morgan fingerprint density at radius 3 is 2.47 bits per heavy atom. The zero-order chi connectivity index (χ0) is 26.7. The van der Waals surface area contributed by atoms with Crippen molar-refractivity contribution < 1.29 is 18.0 Å². The molecule has 1 aliphatic rings. The molecule has 1 aromatic heterocycles. The predicted octanol–water partition coefficient (Wildman–Crippen LogP) is 6.89. The maximum Gasteiger partial charge on any atom is 0.416 e. The first-order chi connectivity index (χ1) is 18.3. The van der Waals surface area contributed by atoms with Gasteiger partial charge in [0, 0.05) is 42.4 Å². The lowest BCUT2D eigenvalue weighted by atomic mass is 10.1. The Hall–Kier alpha value is -3.65. The Labute approximate surface area is 223 Å². The minimum absolute atomic E-state index is 0.0161. The van der Waals surface area contributed by atoms with E-state index in [9.17, 15) is 18.0 Å². The van der Waals surface area contributed by atoms with Crippen molar-refractivity contribution in [3.05, 3.63) is 100 Å². The molecule has 5 nitrogen and oxygen atoms in total. The molecule has 3 aromatic carbocycles. The number of nitrogens with one attached hydrogen (secondary N) is 1. The van der Waals surface area contributed by atoms with Crippen molar-refractivity contribution in [2.45, 2.75) is 44.4 Å². The first-order valence-electron chi connectivity index (χ1n) is 12.5. The van der Waals surface area contributed by atoms with Crippen LogP contribution in [0.3, 0.4) is 0 Å². The van der Waals surface area contributed by atoms with E-state index in [0.717, 1.165) is 53.1 Å². The fraction of sp³-hybridized carbons (Fsp3) is 0.276. The number of carbonyl (C=O) groups excluding carboxylic acids is 1. The summed E-state index contributed by atoms with van der Waals surface area (Å²) in [5.74, 6) is 1.58.